The molecule has 2 heterocycles. The average molecular weight is 478 g/mol. The van der Waals surface area contributed by atoms with Crippen molar-refractivity contribution in [1.29, 1.82) is 0 Å². The van der Waals surface area contributed by atoms with Crippen molar-refractivity contribution < 1.29 is 14.3 Å². The fourth-order valence-corrected chi connectivity index (χ4v) is 5.12. The Hall–Kier alpha value is -3.26. The van der Waals surface area contributed by atoms with Crippen LogP contribution in [0.2, 0.25) is 0 Å². The zero-order chi connectivity index (χ0) is 23.3. The van der Waals surface area contributed by atoms with E-state index in [1.807, 2.05) is 36.4 Å². The molecule has 2 aromatic carbocycles. The molecule has 0 fully saturated rings. The van der Waals surface area contributed by atoms with Gasteiger partial charge >= 0.3 is 0 Å². The molecule has 0 saturated heterocycles. The van der Waals surface area contributed by atoms with Crippen LogP contribution < -0.4 is 20.3 Å². The van der Waals surface area contributed by atoms with Crippen molar-refractivity contribution in [1.82, 2.24) is 14.9 Å². The van der Waals surface area contributed by atoms with Crippen molar-refractivity contribution in [2.24, 2.45) is 0 Å². The standard InChI is InChI=1S/C26H27N3O4S/c30-24(27-13-12-18-6-2-1-3-7-18)16-34-26-28-21-9-5-4-8-20(21)25(31)29(26)15-19-10-11-22-23(14-19)33-17-32-22/h4-6,8-11,14H,1-3,7,12-13,15-17H2,(H,27,30). The van der Waals surface area contributed by atoms with E-state index >= 15 is 0 Å². The highest BCUT2D eigenvalue weighted by Gasteiger charge is 2.17. The number of hydrogen-bond donors (Lipinski definition) is 1. The summed E-state index contributed by atoms with van der Waals surface area (Å²) < 4.78 is 12.5. The van der Waals surface area contributed by atoms with Gasteiger partial charge in [0.15, 0.2) is 16.7 Å². The van der Waals surface area contributed by atoms with E-state index in [0.29, 0.717) is 40.6 Å². The molecule has 3 aromatic rings. The molecule has 1 aliphatic heterocycles. The summed E-state index contributed by atoms with van der Waals surface area (Å²) in [6.45, 7) is 1.16. The van der Waals surface area contributed by atoms with E-state index in [1.165, 1.54) is 30.2 Å². The molecule has 0 bridgehead atoms. The number of benzene rings is 2. The summed E-state index contributed by atoms with van der Waals surface area (Å²) in [4.78, 5) is 30.5. The second-order valence-electron chi connectivity index (χ2n) is 8.49. The monoisotopic (exact) mass is 477 g/mol. The van der Waals surface area contributed by atoms with Crippen molar-refractivity contribution in [3.05, 3.63) is 70.0 Å². The second kappa shape index (κ2) is 10.3. The van der Waals surface area contributed by atoms with Gasteiger partial charge in [-0.25, -0.2) is 4.98 Å². The van der Waals surface area contributed by atoms with Gasteiger partial charge in [-0.15, -0.1) is 0 Å². The van der Waals surface area contributed by atoms with Crippen molar-refractivity contribution in [2.45, 2.75) is 43.8 Å². The quantitative estimate of drug-likeness (QED) is 0.296. The normalized spacial score (nSPS) is 14.8. The number of thioether (sulfide) groups is 1. The summed E-state index contributed by atoms with van der Waals surface area (Å²) in [5, 5.41) is 4.08. The van der Waals surface area contributed by atoms with Crippen molar-refractivity contribution in [3.63, 3.8) is 0 Å². The number of amides is 1. The Kier molecular flexibility index (Phi) is 6.85. The lowest BCUT2D eigenvalue weighted by Crippen LogP contribution is -2.28. The lowest BCUT2D eigenvalue weighted by molar-refractivity contribution is -0.118. The number of hydrogen-bond acceptors (Lipinski definition) is 6. The maximum atomic E-state index is 13.3. The summed E-state index contributed by atoms with van der Waals surface area (Å²) in [5.41, 5.74) is 2.83. The molecule has 0 atom stereocenters. The number of nitrogens with zero attached hydrogens (tertiary/aromatic N) is 2. The van der Waals surface area contributed by atoms with Gasteiger partial charge in [-0.3, -0.25) is 14.2 Å². The Balaban J connectivity index is 1.31. The third-order valence-electron chi connectivity index (χ3n) is 6.09. The topological polar surface area (TPSA) is 82.5 Å². The first-order chi connectivity index (χ1) is 16.7. The summed E-state index contributed by atoms with van der Waals surface area (Å²) in [6, 6.07) is 12.9. The van der Waals surface area contributed by atoms with Gasteiger partial charge in [0, 0.05) is 6.54 Å². The van der Waals surface area contributed by atoms with E-state index in [1.54, 1.807) is 10.6 Å². The molecule has 0 radical (unpaired) electrons. The molecule has 0 spiro atoms. The number of fused-ring (bicyclic) bond motifs is 2. The van der Waals surface area contributed by atoms with Crippen molar-refractivity contribution >= 4 is 28.6 Å². The van der Waals surface area contributed by atoms with Crippen LogP contribution in [0.3, 0.4) is 0 Å². The maximum absolute atomic E-state index is 13.3. The van der Waals surface area contributed by atoms with E-state index in [2.05, 4.69) is 11.4 Å². The van der Waals surface area contributed by atoms with Gasteiger partial charge in [-0.05, 0) is 61.9 Å². The van der Waals surface area contributed by atoms with Crippen molar-refractivity contribution in [3.8, 4) is 11.5 Å². The van der Waals surface area contributed by atoms with Crippen LogP contribution in [0.4, 0.5) is 0 Å². The molecule has 8 heteroatoms. The second-order valence-corrected chi connectivity index (χ2v) is 9.43. The third-order valence-corrected chi connectivity index (χ3v) is 7.07. The molecule has 5 rings (SSSR count). The predicted molar refractivity (Wildman–Crippen MR) is 133 cm³/mol. The first-order valence-corrected chi connectivity index (χ1v) is 12.6. The Bertz CT molecular complexity index is 1300. The predicted octanol–water partition coefficient (Wildman–Crippen LogP) is 4.27. The molecule has 1 amide bonds. The van der Waals surface area contributed by atoms with Gasteiger partial charge in [-0.1, -0.05) is 41.6 Å². The van der Waals surface area contributed by atoms with E-state index in [0.717, 1.165) is 24.8 Å². The lowest BCUT2D eigenvalue weighted by atomic mass is 9.97. The smallest absolute Gasteiger partial charge is 0.262 e. The van der Waals surface area contributed by atoms with E-state index < -0.39 is 0 Å². The lowest BCUT2D eigenvalue weighted by Gasteiger charge is -2.14. The molecule has 2 aliphatic rings. The van der Waals surface area contributed by atoms with Crippen LogP contribution in [-0.4, -0.2) is 34.5 Å². The SMILES string of the molecule is O=C(CSc1nc2ccccc2c(=O)n1Cc1ccc2c(c1)OCO2)NCCC1=CCCCC1. The highest BCUT2D eigenvalue weighted by Crippen LogP contribution is 2.33. The molecular weight excluding hydrogens is 450 g/mol. The minimum absolute atomic E-state index is 0.0570. The molecule has 176 valence electrons. The molecule has 1 N–H and O–H groups in total. The number of rotatable bonds is 8. The summed E-state index contributed by atoms with van der Waals surface area (Å²) >= 11 is 1.28. The number of carbonyl (C=O) groups is 1. The van der Waals surface area contributed by atoms with Gasteiger partial charge in [0.2, 0.25) is 12.7 Å². The molecule has 0 saturated carbocycles. The van der Waals surface area contributed by atoms with Gasteiger partial charge in [-0.2, -0.15) is 0 Å². The highest BCUT2D eigenvalue weighted by molar-refractivity contribution is 7.99. The van der Waals surface area contributed by atoms with Gasteiger partial charge in [0.25, 0.3) is 5.56 Å². The summed E-state index contributed by atoms with van der Waals surface area (Å²) in [5.74, 6) is 1.51. The number of aromatic nitrogens is 2. The zero-order valence-electron chi connectivity index (χ0n) is 18.9. The molecule has 1 aliphatic carbocycles. The van der Waals surface area contributed by atoms with Crippen LogP contribution in [0.1, 0.15) is 37.7 Å². The molecule has 1 aromatic heterocycles. The number of allylic oxidation sites excluding steroid dienone is 1. The Morgan fingerprint density at radius 1 is 1.12 bits per heavy atom. The van der Waals surface area contributed by atoms with Crippen LogP contribution in [0.15, 0.2) is 64.1 Å². The van der Waals surface area contributed by atoms with Crippen LogP contribution in [0.25, 0.3) is 10.9 Å². The molecule has 7 nitrogen and oxygen atoms in total. The Morgan fingerprint density at radius 3 is 2.88 bits per heavy atom. The summed E-state index contributed by atoms with van der Waals surface area (Å²) in [7, 11) is 0. The first-order valence-electron chi connectivity index (χ1n) is 11.6. The van der Waals surface area contributed by atoms with Gasteiger partial charge in [0.1, 0.15) is 0 Å². The molecule has 34 heavy (non-hydrogen) atoms. The Labute approximate surface area is 202 Å². The summed E-state index contributed by atoms with van der Waals surface area (Å²) in [6.07, 6.45) is 7.99. The van der Waals surface area contributed by atoms with Gasteiger partial charge < -0.3 is 14.8 Å². The Morgan fingerprint density at radius 2 is 2.00 bits per heavy atom. The number of para-hydroxylation sites is 1. The highest BCUT2D eigenvalue weighted by atomic mass is 32.2. The minimum Gasteiger partial charge on any atom is -0.454 e. The van der Waals surface area contributed by atoms with E-state index in [-0.39, 0.29) is 24.0 Å². The van der Waals surface area contributed by atoms with Crippen LogP contribution in [0, 0.1) is 0 Å². The minimum atomic E-state index is -0.129. The van der Waals surface area contributed by atoms with Gasteiger partial charge in [0.05, 0.1) is 23.2 Å². The number of ether oxygens (including phenoxy) is 2. The fraction of sp³-hybridized carbons (Fsp3) is 0.346. The van der Waals surface area contributed by atoms with Crippen LogP contribution in [0.5, 0.6) is 11.5 Å². The maximum Gasteiger partial charge on any atom is 0.262 e. The van der Waals surface area contributed by atoms with E-state index in [9.17, 15) is 9.59 Å². The average Bonchev–Trinajstić information content (AvgIpc) is 3.33. The largest absolute Gasteiger partial charge is 0.454 e. The number of nitrogens with one attached hydrogen (secondary N) is 1. The third kappa shape index (κ3) is 5.12. The fourth-order valence-electron chi connectivity index (χ4n) is 4.29. The van der Waals surface area contributed by atoms with Crippen LogP contribution in [-0.2, 0) is 11.3 Å². The van der Waals surface area contributed by atoms with E-state index in [4.69, 9.17) is 14.5 Å². The first kappa shape index (κ1) is 22.5. The molecule has 0 unspecified atom stereocenters. The zero-order valence-corrected chi connectivity index (χ0v) is 19.7. The molecular formula is C26H27N3O4S. The number of carbonyl (C=O) groups excluding carboxylic acids is 1. The van der Waals surface area contributed by atoms with Crippen molar-refractivity contribution in [2.75, 3.05) is 19.1 Å². The van der Waals surface area contributed by atoms with Crippen LogP contribution >= 0.6 is 11.8 Å².